The zero-order chi connectivity index (χ0) is 15.4. The van der Waals surface area contributed by atoms with Gasteiger partial charge in [-0.25, -0.2) is 4.98 Å². The van der Waals surface area contributed by atoms with Gasteiger partial charge in [-0.1, -0.05) is 12.8 Å². The monoisotopic (exact) mass is 317 g/mol. The van der Waals surface area contributed by atoms with E-state index in [4.69, 9.17) is 0 Å². The molecule has 116 valence electrons. The van der Waals surface area contributed by atoms with Gasteiger partial charge in [0.2, 0.25) is 5.91 Å². The number of pyridine rings is 1. The van der Waals surface area contributed by atoms with Gasteiger partial charge >= 0.3 is 0 Å². The molecule has 1 aliphatic rings. The number of carbonyl (C=O) groups excluding carboxylic acids is 1. The van der Waals surface area contributed by atoms with Crippen LogP contribution in [-0.4, -0.2) is 33.1 Å². The summed E-state index contributed by atoms with van der Waals surface area (Å²) in [5.41, 5.74) is 1.72. The van der Waals surface area contributed by atoms with Gasteiger partial charge in [-0.15, -0.1) is 11.3 Å². The molecule has 2 aromatic rings. The highest BCUT2D eigenvalue weighted by Gasteiger charge is 2.24. The normalized spacial score (nSPS) is 21.5. The molecule has 2 heterocycles. The number of aliphatic hydroxyl groups excluding tert-OH is 1. The first-order valence-corrected chi connectivity index (χ1v) is 8.42. The second-order valence-corrected chi connectivity index (χ2v) is 6.45. The van der Waals surface area contributed by atoms with E-state index in [1.807, 2.05) is 17.5 Å². The highest BCUT2D eigenvalue weighted by atomic mass is 32.1. The molecule has 1 saturated carbocycles. The highest BCUT2D eigenvalue weighted by molar-refractivity contribution is 7.13. The number of aliphatic hydroxyl groups is 1. The molecule has 2 atom stereocenters. The lowest BCUT2D eigenvalue weighted by Gasteiger charge is -2.28. The Morgan fingerprint density at radius 2 is 2.27 bits per heavy atom. The van der Waals surface area contributed by atoms with E-state index in [-0.39, 0.29) is 18.4 Å². The van der Waals surface area contributed by atoms with E-state index in [0.29, 0.717) is 0 Å². The van der Waals surface area contributed by atoms with Crippen LogP contribution in [-0.2, 0) is 11.2 Å². The number of hydrogen-bond donors (Lipinski definition) is 2. The van der Waals surface area contributed by atoms with Gasteiger partial charge in [0.25, 0.3) is 0 Å². The quantitative estimate of drug-likeness (QED) is 0.906. The van der Waals surface area contributed by atoms with Crippen LogP contribution in [0.5, 0.6) is 0 Å². The summed E-state index contributed by atoms with van der Waals surface area (Å²) >= 11 is 1.51. The van der Waals surface area contributed by atoms with Crippen LogP contribution in [0.2, 0.25) is 0 Å². The summed E-state index contributed by atoms with van der Waals surface area (Å²) in [6, 6.07) is 3.71. The topological polar surface area (TPSA) is 75.1 Å². The van der Waals surface area contributed by atoms with Crippen molar-refractivity contribution in [2.75, 3.05) is 0 Å². The van der Waals surface area contributed by atoms with Gasteiger partial charge in [0.1, 0.15) is 5.01 Å². The lowest BCUT2D eigenvalue weighted by atomic mass is 9.92. The van der Waals surface area contributed by atoms with Gasteiger partial charge in [-0.3, -0.25) is 9.78 Å². The summed E-state index contributed by atoms with van der Waals surface area (Å²) in [5.74, 6) is -0.0750. The number of nitrogens with one attached hydrogen (secondary N) is 1. The van der Waals surface area contributed by atoms with Crippen molar-refractivity contribution in [1.29, 1.82) is 0 Å². The summed E-state index contributed by atoms with van der Waals surface area (Å²) in [5, 5.41) is 15.6. The third-order valence-electron chi connectivity index (χ3n) is 3.88. The predicted molar refractivity (Wildman–Crippen MR) is 85.5 cm³/mol. The summed E-state index contributed by atoms with van der Waals surface area (Å²) in [6.45, 7) is 0. The lowest BCUT2D eigenvalue weighted by Crippen LogP contribution is -2.45. The van der Waals surface area contributed by atoms with E-state index in [1.165, 1.54) is 11.3 Å². The Morgan fingerprint density at radius 1 is 1.41 bits per heavy atom. The Morgan fingerprint density at radius 3 is 3.05 bits per heavy atom. The molecule has 1 aliphatic carbocycles. The Bertz CT molecular complexity index is 629. The fourth-order valence-corrected chi connectivity index (χ4v) is 3.52. The zero-order valence-electron chi connectivity index (χ0n) is 12.2. The largest absolute Gasteiger partial charge is 0.391 e. The van der Waals surface area contributed by atoms with Crippen LogP contribution in [0.3, 0.4) is 0 Å². The molecule has 2 N–H and O–H groups in total. The van der Waals surface area contributed by atoms with E-state index >= 15 is 0 Å². The van der Waals surface area contributed by atoms with Crippen LogP contribution < -0.4 is 5.32 Å². The van der Waals surface area contributed by atoms with Gasteiger partial charge in [-0.05, 0) is 25.0 Å². The first-order chi connectivity index (χ1) is 10.7. The number of rotatable bonds is 4. The van der Waals surface area contributed by atoms with E-state index in [1.54, 1.807) is 12.4 Å². The molecule has 2 aromatic heterocycles. The Labute approximate surface area is 133 Å². The van der Waals surface area contributed by atoms with Crippen LogP contribution in [0, 0.1) is 0 Å². The van der Waals surface area contributed by atoms with Crippen molar-refractivity contribution in [2.45, 2.75) is 44.2 Å². The molecule has 1 amide bonds. The van der Waals surface area contributed by atoms with Crippen molar-refractivity contribution >= 4 is 17.2 Å². The fourth-order valence-electron chi connectivity index (χ4n) is 2.71. The summed E-state index contributed by atoms with van der Waals surface area (Å²) < 4.78 is 0. The van der Waals surface area contributed by atoms with E-state index in [0.717, 1.165) is 41.9 Å². The maximum Gasteiger partial charge on any atom is 0.226 e. The molecular formula is C16H19N3O2S. The third-order valence-corrected chi connectivity index (χ3v) is 4.82. The molecule has 5 nitrogen and oxygen atoms in total. The van der Waals surface area contributed by atoms with Crippen LogP contribution >= 0.6 is 11.3 Å². The first kappa shape index (κ1) is 15.1. The van der Waals surface area contributed by atoms with Crippen molar-refractivity contribution in [1.82, 2.24) is 15.3 Å². The van der Waals surface area contributed by atoms with Crippen LogP contribution in [0.25, 0.3) is 10.6 Å². The van der Waals surface area contributed by atoms with Crippen molar-refractivity contribution < 1.29 is 9.90 Å². The first-order valence-electron chi connectivity index (χ1n) is 7.54. The second kappa shape index (κ2) is 6.98. The average Bonchev–Trinajstić information content (AvgIpc) is 2.99. The minimum Gasteiger partial charge on any atom is -0.391 e. The molecule has 6 heteroatoms. The molecule has 2 unspecified atom stereocenters. The van der Waals surface area contributed by atoms with Crippen LogP contribution in [0.4, 0.5) is 0 Å². The maximum absolute atomic E-state index is 12.1. The number of aromatic nitrogens is 2. The third kappa shape index (κ3) is 3.69. The minimum atomic E-state index is -0.418. The standard InChI is InChI=1S/C16H19N3O2S/c20-14-6-2-1-5-13(14)19-15(21)8-12-10-22-16(18-12)11-4-3-7-17-9-11/h3-4,7,9-10,13-14,20H,1-2,5-6,8H2,(H,19,21). The zero-order valence-corrected chi connectivity index (χ0v) is 13.1. The molecule has 0 radical (unpaired) electrons. The van der Waals surface area contributed by atoms with Gasteiger partial charge in [-0.2, -0.15) is 0 Å². The molecular weight excluding hydrogens is 298 g/mol. The van der Waals surface area contributed by atoms with Crippen molar-refractivity contribution in [2.24, 2.45) is 0 Å². The van der Waals surface area contributed by atoms with Gasteiger partial charge in [0, 0.05) is 23.3 Å². The van der Waals surface area contributed by atoms with Gasteiger partial charge < -0.3 is 10.4 Å². The number of amides is 1. The smallest absolute Gasteiger partial charge is 0.226 e. The van der Waals surface area contributed by atoms with Gasteiger partial charge in [0.05, 0.1) is 24.3 Å². The minimum absolute atomic E-state index is 0.0750. The number of carbonyl (C=O) groups is 1. The van der Waals surface area contributed by atoms with Crippen LogP contribution in [0.1, 0.15) is 31.4 Å². The van der Waals surface area contributed by atoms with Crippen LogP contribution in [0.15, 0.2) is 29.9 Å². The fraction of sp³-hybridized carbons (Fsp3) is 0.438. The molecule has 0 bridgehead atoms. The Balaban J connectivity index is 1.59. The van der Waals surface area contributed by atoms with Crippen molar-refractivity contribution in [3.8, 4) is 10.6 Å². The Hall–Kier alpha value is -1.79. The number of thiazole rings is 1. The number of nitrogens with zero attached hydrogens (tertiary/aromatic N) is 2. The second-order valence-electron chi connectivity index (χ2n) is 5.59. The highest BCUT2D eigenvalue weighted by Crippen LogP contribution is 2.23. The maximum atomic E-state index is 12.1. The van der Waals surface area contributed by atoms with E-state index in [9.17, 15) is 9.90 Å². The molecule has 0 aliphatic heterocycles. The number of hydrogen-bond acceptors (Lipinski definition) is 5. The molecule has 3 rings (SSSR count). The summed E-state index contributed by atoms with van der Waals surface area (Å²) in [4.78, 5) is 20.7. The van der Waals surface area contributed by atoms with E-state index < -0.39 is 6.10 Å². The van der Waals surface area contributed by atoms with Crippen molar-refractivity contribution in [3.63, 3.8) is 0 Å². The van der Waals surface area contributed by atoms with Gasteiger partial charge in [0.15, 0.2) is 0 Å². The SMILES string of the molecule is O=C(Cc1csc(-c2cccnc2)n1)NC1CCCCC1O. The Kier molecular flexibility index (Phi) is 4.80. The molecule has 22 heavy (non-hydrogen) atoms. The predicted octanol–water partition coefficient (Wildman–Crippen LogP) is 2.17. The molecule has 0 aromatic carbocycles. The van der Waals surface area contributed by atoms with Crippen molar-refractivity contribution in [3.05, 3.63) is 35.6 Å². The molecule has 1 fully saturated rings. The summed E-state index contributed by atoms with van der Waals surface area (Å²) in [6.07, 6.45) is 7.04. The van der Waals surface area contributed by atoms with E-state index in [2.05, 4.69) is 15.3 Å². The molecule has 0 spiro atoms. The average molecular weight is 317 g/mol. The lowest BCUT2D eigenvalue weighted by molar-refractivity contribution is -0.122. The molecule has 0 saturated heterocycles. The summed E-state index contributed by atoms with van der Waals surface area (Å²) in [7, 11) is 0.